The highest BCUT2D eigenvalue weighted by molar-refractivity contribution is 5.46. The number of hydrogen-bond acceptors (Lipinski definition) is 4. The molecule has 0 bridgehead atoms. The third kappa shape index (κ3) is 4.73. The minimum Gasteiger partial charge on any atom is -0.362 e. The maximum absolute atomic E-state index is 9.70. The summed E-state index contributed by atoms with van der Waals surface area (Å²) >= 11 is 0. The van der Waals surface area contributed by atoms with Crippen molar-refractivity contribution in [3.63, 3.8) is 0 Å². The van der Waals surface area contributed by atoms with Gasteiger partial charge in [0.1, 0.15) is 6.61 Å². The molecule has 0 aromatic rings. The molecular formula is C4H8N2O3. The van der Waals surface area contributed by atoms with E-state index >= 15 is 0 Å². The van der Waals surface area contributed by atoms with Gasteiger partial charge in [0.15, 0.2) is 5.34 Å². The molecule has 1 unspecified atom stereocenters. The predicted molar refractivity (Wildman–Crippen MR) is 30.4 cm³/mol. The van der Waals surface area contributed by atoms with Gasteiger partial charge in [-0.1, -0.05) is 0 Å². The zero-order valence-electron chi connectivity index (χ0n) is 5.03. The summed E-state index contributed by atoms with van der Waals surface area (Å²) < 4.78 is 0. The van der Waals surface area contributed by atoms with Gasteiger partial charge in [0.2, 0.25) is 6.41 Å². The van der Waals surface area contributed by atoms with Crippen molar-refractivity contribution in [2.24, 2.45) is 5.34 Å². The summed E-state index contributed by atoms with van der Waals surface area (Å²) in [6.45, 7) is 1.81. The van der Waals surface area contributed by atoms with Crippen LogP contribution in [0, 0.1) is 4.91 Å². The molecule has 9 heavy (non-hydrogen) atoms. The number of rotatable bonds is 5. The lowest BCUT2D eigenvalue weighted by Gasteiger charge is -2.04. The molecule has 0 radical (unpaired) electrons. The summed E-state index contributed by atoms with van der Waals surface area (Å²) in [5.74, 6) is 0. The van der Waals surface area contributed by atoms with E-state index in [1.807, 2.05) is 0 Å². The molecule has 0 saturated heterocycles. The Bertz CT molecular complexity index is 95.8. The Kier molecular flexibility index (Phi) is 4.39. The summed E-state index contributed by atoms with van der Waals surface area (Å²) in [6.07, 6.45) is 0.541. The summed E-state index contributed by atoms with van der Waals surface area (Å²) in [7, 11) is 0. The Morgan fingerprint density at radius 3 is 3.00 bits per heavy atom. The lowest BCUT2D eigenvalue weighted by Crippen LogP contribution is -2.28. The average Bonchev–Trinajstić information content (AvgIpc) is 1.85. The molecule has 0 heterocycles. The summed E-state index contributed by atoms with van der Waals surface area (Å²) in [5, 5.41) is 4.53. The normalized spacial score (nSPS) is 11.7. The van der Waals surface area contributed by atoms with E-state index in [1.165, 1.54) is 0 Å². The number of nitrogens with zero attached hydrogens (tertiary/aromatic N) is 1. The van der Waals surface area contributed by atoms with Gasteiger partial charge in [-0.15, -0.1) is 4.91 Å². The maximum Gasteiger partial charge on any atom is 0.207 e. The first-order valence-corrected chi connectivity index (χ1v) is 2.45. The van der Waals surface area contributed by atoms with Gasteiger partial charge < -0.3 is 10.2 Å². The molecule has 0 aliphatic rings. The van der Waals surface area contributed by atoms with Crippen LogP contribution in [0.1, 0.15) is 6.92 Å². The van der Waals surface area contributed by atoms with E-state index in [2.05, 4.69) is 15.5 Å². The van der Waals surface area contributed by atoms with E-state index in [0.29, 0.717) is 6.41 Å². The van der Waals surface area contributed by atoms with Gasteiger partial charge in [-0.25, -0.2) is 0 Å². The molecule has 52 valence electrons. The largest absolute Gasteiger partial charge is 0.362 e. The highest BCUT2D eigenvalue weighted by Crippen LogP contribution is 1.81. The van der Waals surface area contributed by atoms with Crippen molar-refractivity contribution in [3.8, 4) is 0 Å². The van der Waals surface area contributed by atoms with Crippen LogP contribution in [0.2, 0.25) is 0 Å². The Labute approximate surface area is 52.3 Å². The Balaban J connectivity index is 3.14. The van der Waals surface area contributed by atoms with Crippen molar-refractivity contribution in [2.45, 2.75) is 13.0 Å². The monoisotopic (exact) mass is 132 g/mol. The Morgan fingerprint density at radius 2 is 2.56 bits per heavy atom. The predicted octanol–water partition coefficient (Wildman–Crippen LogP) is -0.181. The highest BCUT2D eigenvalue weighted by atomic mass is 16.7. The molecule has 1 atom stereocenters. The van der Waals surface area contributed by atoms with E-state index in [1.54, 1.807) is 6.92 Å². The molecule has 0 saturated carbocycles. The molecule has 5 nitrogen and oxygen atoms in total. The van der Waals surface area contributed by atoms with Crippen LogP contribution in [0.3, 0.4) is 0 Å². The first kappa shape index (κ1) is 7.87. The quantitative estimate of drug-likeness (QED) is 0.320. The fraction of sp³-hybridized carbons (Fsp3) is 0.750. The summed E-state index contributed by atoms with van der Waals surface area (Å²) in [6, 6.07) is -0.166. The van der Waals surface area contributed by atoms with Gasteiger partial charge in [-0.3, -0.25) is 4.79 Å². The van der Waals surface area contributed by atoms with Crippen molar-refractivity contribution in [1.82, 2.24) is 5.32 Å². The molecule has 0 spiro atoms. The molecule has 1 amide bonds. The second kappa shape index (κ2) is 5.02. The van der Waals surface area contributed by atoms with Crippen molar-refractivity contribution < 1.29 is 9.63 Å². The second-order valence-electron chi connectivity index (χ2n) is 1.56. The van der Waals surface area contributed by atoms with Crippen LogP contribution >= 0.6 is 0 Å². The first-order chi connectivity index (χ1) is 4.31. The molecule has 0 rings (SSSR count). The van der Waals surface area contributed by atoms with Crippen LogP contribution in [-0.2, 0) is 9.63 Å². The fourth-order valence-corrected chi connectivity index (χ4v) is 0.306. The molecule has 0 aliphatic heterocycles. The number of nitrogens with one attached hydrogen (secondary N) is 1. The standard InChI is InChI=1S/C4H8N2O3/c1-4(5-3-7)2-9-6-8/h3-4H,2H2,1H3,(H,5,7). The van der Waals surface area contributed by atoms with Crippen molar-refractivity contribution in [3.05, 3.63) is 4.91 Å². The van der Waals surface area contributed by atoms with E-state index in [4.69, 9.17) is 0 Å². The van der Waals surface area contributed by atoms with Gasteiger partial charge in [-0.05, 0) is 6.92 Å². The number of carbonyl (C=O) groups excluding carboxylic acids is 1. The van der Waals surface area contributed by atoms with Crippen LogP contribution in [-0.4, -0.2) is 19.1 Å². The van der Waals surface area contributed by atoms with E-state index in [0.717, 1.165) is 0 Å². The van der Waals surface area contributed by atoms with E-state index in [-0.39, 0.29) is 12.6 Å². The highest BCUT2D eigenvalue weighted by Gasteiger charge is 1.97. The molecular weight excluding hydrogens is 124 g/mol. The molecule has 0 aromatic carbocycles. The molecule has 1 N–H and O–H groups in total. The minimum absolute atomic E-state index is 0.113. The summed E-state index contributed by atoms with van der Waals surface area (Å²) in [5.41, 5.74) is 0. The first-order valence-electron chi connectivity index (χ1n) is 2.45. The second-order valence-corrected chi connectivity index (χ2v) is 1.56. The minimum atomic E-state index is -0.166. The number of hydrogen-bond donors (Lipinski definition) is 1. The molecule has 5 heteroatoms. The van der Waals surface area contributed by atoms with Gasteiger partial charge in [0.05, 0.1) is 6.04 Å². The Morgan fingerprint density at radius 1 is 1.89 bits per heavy atom. The van der Waals surface area contributed by atoms with Gasteiger partial charge >= 0.3 is 0 Å². The molecule has 0 fully saturated rings. The van der Waals surface area contributed by atoms with Gasteiger partial charge in [0.25, 0.3) is 0 Å². The topological polar surface area (TPSA) is 67.8 Å². The number of amides is 1. The van der Waals surface area contributed by atoms with Crippen LogP contribution in [0.5, 0.6) is 0 Å². The smallest absolute Gasteiger partial charge is 0.207 e. The fourth-order valence-electron chi connectivity index (χ4n) is 0.306. The van der Waals surface area contributed by atoms with Gasteiger partial charge in [0, 0.05) is 0 Å². The third-order valence-corrected chi connectivity index (χ3v) is 0.730. The molecule has 0 aliphatic carbocycles. The zero-order valence-corrected chi connectivity index (χ0v) is 5.03. The summed E-state index contributed by atoms with van der Waals surface area (Å²) in [4.78, 5) is 23.1. The Hall–Kier alpha value is -1.13. The molecule has 0 aromatic heterocycles. The lowest BCUT2D eigenvalue weighted by atomic mass is 10.4. The SMILES string of the molecule is CC(CON=O)NC=O. The van der Waals surface area contributed by atoms with E-state index in [9.17, 15) is 9.70 Å². The van der Waals surface area contributed by atoms with Crippen LogP contribution in [0.25, 0.3) is 0 Å². The average molecular weight is 132 g/mol. The van der Waals surface area contributed by atoms with Crippen LogP contribution in [0.15, 0.2) is 5.34 Å². The lowest BCUT2D eigenvalue weighted by molar-refractivity contribution is -0.110. The van der Waals surface area contributed by atoms with Crippen molar-refractivity contribution >= 4 is 6.41 Å². The van der Waals surface area contributed by atoms with E-state index < -0.39 is 0 Å². The van der Waals surface area contributed by atoms with Gasteiger partial charge in [-0.2, -0.15) is 0 Å². The van der Waals surface area contributed by atoms with Crippen LogP contribution < -0.4 is 5.32 Å². The maximum atomic E-state index is 9.70. The van der Waals surface area contributed by atoms with Crippen molar-refractivity contribution in [1.29, 1.82) is 0 Å². The number of carbonyl (C=O) groups is 1. The van der Waals surface area contributed by atoms with Crippen LogP contribution in [0.4, 0.5) is 0 Å². The van der Waals surface area contributed by atoms with Crippen molar-refractivity contribution in [2.75, 3.05) is 6.61 Å². The zero-order chi connectivity index (χ0) is 7.11. The third-order valence-electron chi connectivity index (χ3n) is 0.730.